The van der Waals surface area contributed by atoms with Crippen molar-refractivity contribution in [1.82, 2.24) is 5.32 Å². The van der Waals surface area contributed by atoms with E-state index in [-0.39, 0.29) is 11.0 Å². The Kier molecular flexibility index (Phi) is 5.64. The predicted molar refractivity (Wildman–Crippen MR) is 88.5 cm³/mol. The summed E-state index contributed by atoms with van der Waals surface area (Å²) in [6.45, 7) is 14.7. The van der Waals surface area contributed by atoms with Crippen molar-refractivity contribution >= 4 is 15.9 Å². The Morgan fingerprint density at radius 1 is 1.11 bits per heavy atom. The van der Waals surface area contributed by atoms with Gasteiger partial charge in [0, 0.05) is 16.6 Å². The van der Waals surface area contributed by atoms with E-state index in [4.69, 9.17) is 0 Å². The lowest BCUT2D eigenvalue weighted by Crippen LogP contribution is -2.45. The fourth-order valence-electron chi connectivity index (χ4n) is 2.01. The van der Waals surface area contributed by atoms with Gasteiger partial charge < -0.3 is 5.32 Å². The zero-order valence-corrected chi connectivity index (χ0v) is 14.8. The summed E-state index contributed by atoms with van der Waals surface area (Å²) < 4.78 is 1.22. The number of rotatable bonds is 5. The van der Waals surface area contributed by atoms with Crippen LogP contribution in [-0.2, 0) is 6.42 Å². The summed E-state index contributed by atoms with van der Waals surface area (Å²) in [6.07, 6.45) is 1.09. The zero-order chi connectivity index (χ0) is 14.7. The number of benzene rings is 1. The molecule has 2 heteroatoms. The average Bonchev–Trinajstić information content (AvgIpc) is 2.28. The second-order valence-corrected chi connectivity index (χ2v) is 8.03. The maximum Gasteiger partial charge on any atom is 0.0207 e. The van der Waals surface area contributed by atoms with Crippen LogP contribution < -0.4 is 5.32 Å². The highest BCUT2D eigenvalue weighted by atomic mass is 79.9. The van der Waals surface area contributed by atoms with Gasteiger partial charge in [-0.2, -0.15) is 0 Å². The Bertz CT molecular complexity index is 406. The number of halogens is 1. The van der Waals surface area contributed by atoms with Crippen molar-refractivity contribution in [3.63, 3.8) is 0 Å². The number of hydrogen-bond acceptors (Lipinski definition) is 1. The third kappa shape index (κ3) is 5.27. The standard InChI is InChI=1S/C17H28BrN/c1-13(2)17(6,12-19-16(3,4)5)11-14-9-7-8-10-15(14)18/h7-10,13,19H,11-12H2,1-6H3. The van der Waals surface area contributed by atoms with E-state index in [1.807, 2.05) is 0 Å². The molecule has 0 spiro atoms. The Morgan fingerprint density at radius 2 is 1.68 bits per heavy atom. The molecule has 0 saturated heterocycles. The summed E-state index contributed by atoms with van der Waals surface area (Å²) in [7, 11) is 0. The molecule has 0 radical (unpaired) electrons. The third-order valence-corrected chi connectivity index (χ3v) is 4.74. The van der Waals surface area contributed by atoms with Crippen molar-refractivity contribution in [1.29, 1.82) is 0 Å². The van der Waals surface area contributed by atoms with Gasteiger partial charge in [-0.25, -0.2) is 0 Å². The summed E-state index contributed by atoms with van der Waals surface area (Å²) in [5.41, 5.74) is 1.83. The summed E-state index contributed by atoms with van der Waals surface area (Å²) in [4.78, 5) is 0. The molecule has 108 valence electrons. The molecule has 0 aliphatic carbocycles. The smallest absolute Gasteiger partial charge is 0.0207 e. The molecule has 19 heavy (non-hydrogen) atoms. The lowest BCUT2D eigenvalue weighted by atomic mass is 9.74. The summed E-state index contributed by atoms with van der Waals surface area (Å²) in [5.74, 6) is 0.634. The molecule has 1 N–H and O–H groups in total. The molecule has 0 aromatic heterocycles. The predicted octanol–water partition coefficient (Wildman–Crippen LogP) is 5.04. The fraction of sp³-hybridized carbons (Fsp3) is 0.647. The van der Waals surface area contributed by atoms with Crippen LogP contribution in [0.2, 0.25) is 0 Å². The highest BCUT2D eigenvalue weighted by molar-refractivity contribution is 9.10. The van der Waals surface area contributed by atoms with E-state index in [2.05, 4.69) is 87.1 Å². The maximum atomic E-state index is 3.67. The first-order valence-corrected chi connectivity index (χ1v) is 7.92. The summed E-state index contributed by atoms with van der Waals surface area (Å²) in [6, 6.07) is 8.56. The molecular formula is C17H28BrN. The van der Waals surface area contributed by atoms with Crippen molar-refractivity contribution in [2.75, 3.05) is 6.54 Å². The van der Waals surface area contributed by atoms with Gasteiger partial charge in [-0.3, -0.25) is 0 Å². The van der Waals surface area contributed by atoms with E-state index >= 15 is 0 Å². The van der Waals surface area contributed by atoms with Crippen LogP contribution in [-0.4, -0.2) is 12.1 Å². The Hall–Kier alpha value is -0.340. The van der Waals surface area contributed by atoms with Crippen LogP contribution in [0.4, 0.5) is 0 Å². The van der Waals surface area contributed by atoms with Crippen LogP contribution in [0.3, 0.4) is 0 Å². The first-order chi connectivity index (χ1) is 8.64. The minimum Gasteiger partial charge on any atom is -0.312 e. The molecule has 0 heterocycles. The fourth-order valence-corrected chi connectivity index (χ4v) is 2.44. The van der Waals surface area contributed by atoms with Crippen molar-refractivity contribution in [3.05, 3.63) is 34.3 Å². The molecule has 0 aliphatic heterocycles. The Morgan fingerprint density at radius 3 is 2.16 bits per heavy atom. The van der Waals surface area contributed by atoms with Crippen LogP contribution in [0.5, 0.6) is 0 Å². The van der Waals surface area contributed by atoms with Gasteiger partial charge in [-0.05, 0) is 50.2 Å². The highest BCUT2D eigenvalue weighted by Gasteiger charge is 2.30. The van der Waals surface area contributed by atoms with Crippen molar-refractivity contribution < 1.29 is 0 Å². The van der Waals surface area contributed by atoms with Gasteiger partial charge in [-0.1, -0.05) is 54.9 Å². The lowest BCUT2D eigenvalue weighted by Gasteiger charge is -2.37. The first-order valence-electron chi connectivity index (χ1n) is 7.12. The first kappa shape index (κ1) is 16.7. The molecule has 0 saturated carbocycles. The maximum absolute atomic E-state index is 3.67. The minimum atomic E-state index is 0.171. The van der Waals surface area contributed by atoms with Gasteiger partial charge in [-0.15, -0.1) is 0 Å². The summed E-state index contributed by atoms with van der Waals surface area (Å²) >= 11 is 3.67. The molecule has 1 aromatic carbocycles. The van der Waals surface area contributed by atoms with Crippen LogP contribution in [0.1, 0.15) is 47.1 Å². The van der Waals surface area contributed by atoms with Crippen LogP contribution in [0, 0.1) is 11.3 Å². The van der Waals surface area contributed by atoms with Gasteiger partial charge in [0.25, 0.3) is 0 Å². The highest BCUT2D eigenvalue weighted by Crippen LogP contribution is 2.33. The molecule has 0 fully saturated rings. The van der Waals surface area contributed by atoms with Gasteiger partial charge in [0.2, 0.25) is 0 Å². The van der Waals surface area contributed by atoms with Crippen molar-refractivity contribution in [2.45, 2.75) is 53.5 Å². The molecule has 1 nitrogen and oxygen atoms in total. The van der Waals surface area contributed by atoms with Gasteiger partial charge in [0.1, 0.15) is 0 Å². The topological polar surface area (TPSA) is 12.0 Å². The van der Waals surface area contributed by atoms with Crippen molar-refractivity contribution in [2.24, 2.45) is 11.3 Å². The van der Waals surface area contributed by atoms with Crippen LogP contribution >= 0.6 is 15.9 Å². The van der Waals surface area contributed by atoms with E-state index < -0.39 is 0 Å². The van der Waals surface area contributed by atoms with Gasteiger partial charge in [0.15, 0.2) is 0 Å². The SMILES string of the molecule is CC(C)C(C)(CNC(C)(C)C)Cc1ccccc1Br. The third-order valence-electron chi connectivity index (χ3n) is 3.97. The number of nitrogens with one attached hydrogen (secondary N) is 1. The second kappa shape index (κ2) is 6.41. The lowest BCUT2D eigenvalue weighted by molar-refractivity contribution is 0.187. The average molecular weight is 326 g/mol. The molecule has 0 amide bonds. The molecule has 0 bridgehead atoms. The van der Waals surface area contributed by atoms with Gasteiger partial charge in [0.05, 0.1) is 0 Å². The Labute approximate surface area is 127 Å². The second-order valence-electron chi connectivity index (χ2n) is 7.18. The van der Waals surface area contributed by atoms with E-state index in [0.29, 0.717) is 5.92 Å². The largest absolute Gasteiger partial charge is 0.312 e. The molecule has 1 aromatic rings. The number of hydrogen-bond donors (Lipinski definition) is 1. The molecule has 1 unspecified atom stereocenters. The molecular weight excluding hydrogens is 298 g/mol. The quantitative estimate of drug-likeness (QED) is 0.799. The molecule has 1 rings (SSSR count). The van der Waals surface area contributed by atoms with Gasteiger partial charge >= 0.3 is 0 Å². The zero-order valence-electron chi connectivity index (χ0n) is 13.2. The molecule has 0 aliphatic rings. The molecule has 1 atom stereocenters. The van der Waals surface area contributed by atoms with E-state index in [1.165, 1.54) is 10.0 Å². The minimum absolute atomic E-state index is 0.171. The van der Waals surface area contributed by atoms with Crippen LogP contribution in [0.25, 0.3) is 0 Å². The van der Waals surface area contributed by atoms with E-state index in [1.54, 1.807) is 0 Å². The van der Waals surface area contributed by atoms with Crippen LogP contribution in [0.15, 0.2) is 28.7 Å². The normalized spacial score (nSPS) is 15.6. The van der Waals surface area contributed by atoms with Crippen molar-refractivity contribution in [3.8, 4) is 0 Å². The Balaban J connectivity index is 2.85. The van der Waals surface area contributed by atoms with E-state index in [9.17, 15) is 0 Å². The van der Waals surface area contributed by atoms with E-state index in [0.717, 1.165) is 13.0 Å². The monoisotopic (exact) mass is 325 g/mol. The summed E-state index contributed by atoms with van der Waals surface area (Å²) in [5, 5.41) is 3.67.